The van der Waals surface area contributed by atoms with Gasteiger partial charge in [-0.25, -0.2) is 9.97 Å². The highest BCUT2D eigenvalue weighted by Gasteiger charge is 2.35. The van der Waals surface area contributed by atoms with Crippen LogP contribution in [0.15, 0.2) is 47.9 Å². The summed E-state index contributed by atoms with van der Waals surface area (Å²) in [5, 5.41) is 2.68. The third kappa shape index (κ3) is 2.40. The number of carbonyl (C=O) groups is 1. The van der Waals surface area contributed by atoms with Gasteiger partial charge < -0.3 is 9.88 Å². The minimum atomic E-state index is -0.369. The first-order valence-electron chi connectivity index (χ1n) is 7.45. The number of anilines is 1. The fourth-order valence-corrected chi connectivity index (χ4v) is 2.68. The van der Waals surface area contributed by atoms with Gasteiger partial charge in [0, 0.05) is 37.0 Å². The standard InChI is InChI=1S/C16H15N5O2/c1-10-7-13(10)21-5-2-3-12(15(21)23)19-14(22)11-8-18-16-17-4-6-20(16)9-11/h2-6,8-10,13H,7H2,1H3,(H,19,22)/t10-,13-/m0/s1. The Morgan fingerprint density at radius 3 is 2.96 bits per heavy atom. The Labute approximate surface area is 131 Å². The monoisotopic (exact) mass is 309 g/mol. The van der Waals surface area contributed by atoms with Crippen LogP contribution in [0.25, 0.3) is 5.78 Å². The van der Waals surface area contributed by atoms with E-state index in [0.717, 1.165) is 6.42 Å². The molecule has 7 heteroatoms. The summed E-state index contributed by atoms with van der Waals surface area (Å²) in [7, 11) is 0. The summed E-state index contributed by atoms with van der Waals surface area (Å²) in [6.45, 7) is 2.11. The molecule has 0 aromatic carbocycles. The number of carbonyl (C=O) groups excluding carboxylic acids is 1. The Morgan fingerprint density at radius 1 is 1.35 bits per heavy atom. The van der Waals surface area contributed by atoms with Crippen molar-refractivity contribution < 1.29 is 4.79 Å². The lowest BCUT2D eigenvalue weighted by Crippen LogP contribution is -2.25. The Bertz CT molecular complexity index is 958. The molecule has 2 atom stereocenters. The largest absolute Gasteiger partial charge is 0.317 e. The molecule has 3 aromatic heterocycles. The molecule has 3 heterocycles. The van der Waals surface area contributed by atoms with Gasteiger partial charge >= 0.3 is 0 Å². The smallest absolute Gasteiger partial charge is 0.274 e. The Balaban J connectivity index is 1.62. The van der Waals surface area contributed by atoms with Crippen molar-refractivity contribution in [3.63, 3.8) is 0 Å². The van der Waals surface area contributed by atoms with Gasteiger partial charge in [-0.05, 0) is 24.5 Å². The molecular formula is C16H15N5O2. The van der Waals surface area contributed by atoms with E-state index >= 15 is 0 Å². The zero-order valence-electron chi connectivity index (χ0n) is 12.5. The first kappa shape index (κ1) is 13.7. The van der Waals surface area contributed by atoms with E-state index in [1.807, 2.05) is 0 Å². The fraction of sp³-hybridized carbons (Fsp3) is 0.250. The highest BCUT2D eigenvalue weighted by Crippen LogP contribution is 2.41. The molecule has 23 heavy (non-hydrogen) atoms. The van der Waals surface area contributed by atoms with Crippen LogP contribution in [-0.4, -0.2) is 24.8 Å². The van der Waals surface area contributed by atoms with Crippen molar-refractivity contribution in [3.8, 4) is 0 Å². The lowest BCUT2D eigenvalue weighted by atomic mass is 10.3. The van der Waals surface area contributed by atoms with Crippen LogP contribution in [0.4, 0.5) is 5.69 Å². The summed E-state index contributed by atoms with van der Waals surface area (Å²) >= 11 is 0. The van der Waals surface area contributed by atoms with Crippen molar-refractivity contribution in [2.75, 3.05) is 5.32 Å². The van der Waals surface area contributed by atoms with Crippen LogP contribution in [0.3, 0.4) is 0 Å². The molecule has 1 saturated carbocycles. The molecule has 0 unspecified atom stereocenters. The number of pyridine rings is 1. The average Bonchev–Trinajstić information content (AvgIpc) is 3.09. The highest BCUT2D eigenvalue weighted by atomic mass is 16.2. The van der Waals surface area contributed by atoms with Gasteiger partial charge in [0.15, 0.2) is 0 Å². The van der Waals surface area contributed by atoms with Gasteiger partial charge in [0.1, 0.15) is 5.69 Å². The summed E-state index contributed by atoms with van der Waals surface area (Å²) in [6, 6.07) is 3.63. The number of hydrogen-bond acceptors (Lipinski definition) is 4. The molecule has 1 fully saturated rings. The van der Waals surface area contributed by atoms with Gasteiger partial charge in [-0.15, -0.1) is 0 Å². The number of imidazole rings is 1. The van der Waals surface area contributed by atoms with Gasteiger partial charge in [0.05, 0.1) is 5.56 Å². The van der Waals surface area contributed by atoms with E-state index in [1.165, 1.54) is 6.20 Å². The number of rotatable bonds is 3. The van der Waals surface area contributed by atoms with E-state index < -0.39 is 0 Å². The number of fused-ring (bicyclic) bond motifs is 1. The molecule has 0 saturated heterocycles. The minimum Gasteiger partial charge on any atom is -0.317 e. The third-order valence-corrected chi connectivity index (χ3v) is 4.15. The molecule has 116 valence electrons. The van der Waals surface area contributed by atoms with E-state index in [9.17, 15) is 9.59 Å². The average molecular weight is 309 g/mol. The zero-order valence-corrected chi connectivity index (χ0v) is 12.5. The quantitative estimate of drug-likeness (QED) is 0.799. The Hall–Kier alpha value is -2.96. The van der Waals surface area contributed by atoms with Crippen molar-refractivity contribution in [1.82, 2.24) is 18.9 Å². The maximum absolute atomic E-state index is 12.5. The molecule has 4 rings (SSSR count). The van der Waals surface area contributed by atoms with Gasteiger partial charge in [0.2, 0.25) is 5.78 Å². The van der Waals surface area contributed by atoms with Crippen LogP contribution in [0.2, 0.25) is 0 Å². The summed E-state index contributed by atoms with van der Waals surface area (Å²) in [5.74, 6) is 0.657. The van der Waals surface area contributed by atoms with Crippen molar-refractivity contribution in [1.29, 1.82) is 0 Å². The maximum atomic E-state index is 12.5. The molecule has 0 aliphatic heterocycles. The van der Waals surface area contributed by atoms with E-state index in [4.69, 9.17) is 0 Å². The number of amides is 1. The van der Waals surface area contributed by atoms with Crippen molar-refractivity contribution in [2.24, 2.45) is 5.92 Å². The molecule has 7 nitrogen and oxygen atoms in total. The van der Waals surface area contributed by atoms with E-state index in [0.29, 0.717) is 17.3 Å². The molecule has 3 aromatic rings. The number of nitrogens with zero attached hydrogens (tertiary/aromatic N) is 4. The predicted octanol–water partition coefficient (Wildman–Crippen LogP) is 1.72. The molecule has 1 amide bonds. The van der Waals surface area contributed by atoms with E-state index in [-0.39, 0.29) is 23.2 Å². The van der Waals surface area contributed by atoms with Gasteiger partial charge in [-0.2, -0.15) is 0 Å². The van der Waals surface area contributed by atoms with Crippen LogP contribution in [0.5, 0.6) is 0 Å². The van der Waals surface area contributed by atoms with Gasteiger partial charge in [-0.1, -0.05) is 6.92 Å². The summed E-state index contributed by atoms with van der Waals surface area (Å²) in [4.78, 5) is 32.9. The van der Waals surface area contributed by atoms with Gasteiger partial charge in [0.25, 0.3) is 11.5 Å². The van der Waals surface area contributed by atoms with Crippen LogP contribution in [-0.2, 0) is 0 Å². The lowest BCUT2D eigenvalue weighted by Gasteiger charge is -2.08. The zero-order chi connectivity index (χ0) is 16.0. The molecule has 0 bridgehead atoms. The van der Waals surface area contributed by atoms with Crippen LogP contribution in [0, 0.1) is 5.92 Å². The lowest BCUT2D eigenvalue weighted by molar-refractivity contribution is 0.102. The summed E-state index contributed by atoms with van der Waals surface area (Å²) in [5.41, 5.74) is 0.472. The highest BCUT2D eigenvalue weighted by molar-refractivity contribution is 6.03. The van der Waals surface area contributed by atoms with Crippen LogP contribution < -0.4 is 10.9 Å². The second kappa shape index (κ2) is 5.05. The molecule has 1 aliphatic carbocycles. The Kier molecular flexibility index (Phi) is 3.00. The Morgan fingerprint density at radius 2 is 2.17 bits per heavy atom. The topological polar surface area (TPSA) is 81.3 Å². The number of hydrogen-bond donors (Lipinski definition) is 1. The van der Waals surface area contributed by atoms with E-state index in [1.54, 1.807) is 45.9 Å². The molecule has 0 spiro atoms. The van der Waals surface area contributed by atoms with Crippen molar-refractivity contribution in [3.05, 3.63) is 59.0 Å². The normalized spacial score (nSPS) is 19.7. The van der Waals surface area contributed by atoms with Crippen LogP contribution >= 0.6 is 0 Å². The second-order valence-electron chi connectivity index (χ2n) is 5.85. The number of nitrogens with one attached hydrogen (secondary N) is 1. The van der Waals surface area contributed by atoms with E-state index in [2.05, 4.69) is 22.2 Å². The third-order valence-electron chi connectivity index (χ3n) is 4.15. The maximum Gasteiger partial charge on any atom is 0.274 e. The molecular weight excluding hydrogens is 294 g/mol. The van der Waals surface area contributed by atoms with Crippen LogP contribution in [0.1, 0.15) is 29.7 Å². The van der Waals surface area contributed by atoms with Crippen molar-refractivity contribution >= 4 is 17.4 Å². The summed E-state index contributed by atoms with van der Waals surface area (Å²) in [6.07, 6.45) is 9.17. The fourth-order valence-electron chi connectivity index (χ4n) is 2.68. The molecule has 1 N–H and O–H groups in total. The van der Waals surface area contributed by atoms with Gasteiger partial charge in [-0.3, -0.25) is 14.0 Å². The van der Waals surface area contributed by atoms with Crippen molar-refractivity contribution in [2.45, 2.75) is 19.4 Å². The molecule has 0 radical (unpaired) electrons. The SMILES string of the molecule is C[C@H]1C[C@@H]1n1cccc(NC(=O)c2cnc3nccn3c2)c1=O. The first-order valence-corrected chi connectivity index (χ1v) is 7.45. The summed E-state index contributed by atoms with van der Waals surface area (Å²) < 4.78 is 3.35. The second-order valence-corrected chi connectivity index (χ2v) is 5.85. The number of aromatic nitrogens is 4. The minimum absolute atomic E-state index is 0.174. The molecule has 1 aliphatic rings. The first-order chi connectivity index (χ1) is 11.1. The predicted molar refractivity (Wildman–Crippen MR) is 84.5 cm³/mol.